The molecule has 8 heteroatoms. The summed E-state index contributed by atoms with van der Waals surface area (Å²) in [4.78, 5) is 31.6. The third kappa shape index (κ3) is 2.55. The molecule has 0 radical (unpaired) electrons. The number of ether oxygens (including phenoxy) is 1. The van der Waals surface area contributed by atoms with Gasteiger partial charge in [0.1, 0.15) is 5.56 Å². The highest BCUT2D eigenvalue weighted by atomic mass is 16.6. The summed E-state index contributed by atoms with van der Waals surface area (Å²) in [6, 6.07) is 3.48. The molecule has 0 saturated heterocycles. The van der Waals surface area contributed by atoms with E-state index < -0.39 is 16.6 Å². The Morgan fingerprint density at radius 2 is 2.24 bits per heavy atom. The molecule has 17 heavy (non-hydrogen) atoms. The zero-order chi connectivity index (χ0) is 13.0. The molecule has 8 nitrogen and oxygen atoms in total. The van der Waals surface area contributed by atoms with Gasteiger partial charge in [-0.05, 0) is 12.1 Å². The molecular formula is C9H9N3O5. The number of benzene rings is 1. The molecule has 0 aliphatic rings. The molecule has 1 aromatic carbocycles. The van der Waals surface area contributed by atoms with Crippen LogP contribution in [0.1, 0.15) is 10.4 Å². The van der Waals surface area contributed by atoms with Gasteiger partial charge in [0, 0.05) is 6.07 Å². The second-order valence-corrected chi connectivity index (χ2v) is 2.96. The molecule has 1 rings (SSSR count). The summed E-state index contributed by atoms with van der Waals surface area (Å²) in [6.45, 7) is 0. The number of rotatable bonds is 4. The number of esters is 1. The maximum Gasteiger partial charge on any atom is 0.344 e. The average molecular weight is 239 g/mol. The first-order valence-electron chi connectivity index (χ1n) is 4.37. The first-order valence-corrected chi connectivity index (χ1v) is 4.37. The van der Waals surface area contributed by atoms with E-state index in [1.165, 1.54) is 12.1 Å². The van der Waals surface area contributed by atoms with Crippen molar-refractivity contribution in [3.63, 3.8) is 0 Å². The fourth-order valence-corrected chi connectivity index (χ4v) is 1.18. The van der Waals surface area contributed by atoms with E-state index in [9.17, 15) is 19.7 Å². The van der Waals surface area contributed by atoms with Crippen LogP contribution in [0.5, 0.6) is 0 Å². The zero-order valence-corrected chi connectivity index (χ0v) is 8.82. The third-order valence-corrected chi connectivity index (χ3v) is 2.00. The summed E-state index contributed by atoms with van der Waals surface area (Å²) in [6.07, 6.45) is 0.289. The Labute approximate surface area is 95.7 Å². The number of hydrogen-bond acceptors (Lipinski definition) is 6. The summed E-state index contributed by atoms with van der Waals surface area (Å²) in [7, 11) is 1.11. The summed E-state index contributed by atoms with van der Waals surface area (Å²) < 4.78 is 4.40. The van der Waals surface area contributed by atoms with Crippen LogP contribution in [0.3, 0.4) is 0 Å². The number of nitro benzene ring substituents is 1. The number of amides is 1. The minimum absolute atomic E-state index is 0.0966. The fourth-order valence-electron chi connectivity index (χ4n) is 1.18. The van der Waals surface area contributed by atoms with Gasteiger partial charge in [0.25, 0.3) is 5.69 Å². The highest BCUT2D eigenvalue weighted by Crippen LogP contribution is 2.24. The van der Waals surface area contributed by atoms with Crippen LogP contribution in [0.15, 0.2) is 18.2 Å². The van der Waals surface area contributed by atoms with Crippen LogP contribution in [0.4, 0.5) is 11.4 Å². The lowest BCUT2D eigenvalue weighted by Crippen LogP contribution is -2.28. The molecule has 0 spiro atoms. The highest BCUT2D eigenvalue weighted by molar-refractivity contribution is 5.95. The van der Waals surface area contributed by atoms with E-state index in [1.54, 1.807) is 0 Å². The predicted molar refractivity (Wildman–Crippen MR) is 57.2 cm³/mol. The van der Waals surface area contributed by atoms with Gasteiger partial charge in [-0.15, -0.1) is 0 Å². The SMILES string of the molecule is COC(=O)c1ccc(N(N)C=O)cc1[N+](=O)[O-]. The van der Waals surface area contributed by atoms with Gasteiger partial charge in [-0.3, -0.25) is 19.9 Å². The van der Waals surface area contributed by atoms with Crippen molar-refractivity contribution >= 4 is 23.8 Å². The Morgan fingerprint density at radius 3 is 2.71 bits per heavy atom. The second-order valence-electron chi connectivity index (χ2n) is 2.96. The van der Waals surface area contributed by atoms with E-state index in [-0.39, 0.29) is 17.7 Å². The Morgan fingerprint density at radius 1 is 1.59 bits per heavy atom. The molecule has 0 unspecified atom stereocenters. The van der Waals surface area contributed by atoms with Gasteiger partial charge in [-0.2, -0.15) is 0 Å². The van der Waals surface area contributed by atoms with Crippen molar-refractivity contribution in [3.05, 3.63) is 33.9 Å². The predicted octanol–water partition coefficient (Wildman–Crippen LogP) is 0.218. The Bertz CT molecular complexity index is 474. The lowest BCUT2D eigenvalue weighted by atomic mass is 10.1. The van der Waals surface area contributed by atoms with Gasteiger partial charge in [-0.1, -0.05) is 0 Å². The van der Waals surface area contributed by atoms with Crippen LogP contribution in [-0.4, -0.2) is 24.4 Å². The van der Waals surface area contributed by atoms with E-state index >= 15 is 0 Å². The first-order chi connectivity index (χ1) is 8.01. The van der Waals surface area contributed by atoms with Crippen molar-refractivity contribution in [2.45, 2.75) is 0 Å². The van der Waals surface area contributed by atoms with Gasteiger partial charge >= 0.3 is 5.97 Å². The molecule has 0 bridgehead atoms. The van der Waals surface area contributed by atoms with Crippen molar-refractivity contribution in [2.24, 2.45) is 5.84 Å². The third-order valence-electron chi connectivity index (χ3n) is 2.00. The van der Waals surface area contributed by atoms with Gasteiger partial charge in [0.05, 0.1) is 17.7 Å². The lowest BCUT2D eigenvalue weighted by molar-refractivity contribution is -0.385. The molecule has 0 fully saturated rings. The number of carbonyl (C=O) groups excluding carboxylic acids is 2. The standard InChI is InChI=1S/C9H9N3O5/c1-17-9(14)7-3-2-6(11(10)5-13)4-8(7)12(15)16/h2-5H,10H2,1H3. The summed E-state index contributed by atoms with van der Waals surface area (Å²) in [5.41, 5.74) is -0.591. The van der Waals surface area contributed by atoms with Crippen LogP contribution in [-0.2, 0) is 9.53 Å². The first kappa shape index (κ1) is 12.6. The number of hydrazine groups is 1. The molecule has 0 heterocycles. The summed E-state index contributed by atoms with van der Waals surface area (Å²) >= 11 is 0. The maximum absolute atomic E-state index is 11.2. The van der Waals surface area contributed by atoms with Crippen LogP contribution < -0.4 is 10.9 Å². The van der Waals surface area contributed by atoms with Gasteiger partial charge < -0.3 is 4.74 Å². The number of carbonyl (C=O) groups is 2. The van der Waals surface area contributed by atoms with Crippen LogP contribution in [0.25, 0.3) is 0 Å². The monoisotopic (exact) mass is 239 g/mol. The molecule has 0 aliphatic carbocycles. The number of nitrogens with zero attached hydrogens (tertiary/aromatic N) is 2. The number of anilines is 1. The topological polar surface area (TPSA) is 116 Å². The van der Waals surface area contributed by atoms with Gasteiger partial charge in [-0.25, -0.2) is 10.6 Å². The van der Waals surface area contributed by atoms with Crippen molar-refractivity contribution in [1.82, 2.24) is 0 Å². The maximum atomic E-state index is 11.2. The van der Waals surface area contributed by atoms with Crippen molar-refractivity contribution in [3.8, 4) is 0 Å². The van der Waals surface area contributed by atoms with E-state index in [0.717, 1.165) is 13.2 Å². The zero-order valence-electron chi connectivity index (χ0n) is 8.82. The normalized spacial score (nSPS) is 9.53. The second kappa shape index (κ2) is 5.03. The highest BCUT2D eigenvalue weighted by Gasteiger charge is 2.22. The van der Waals surface area contributed by atoms with Crippen molar-refractivity contribution < 1.29 is 19.2 Å². The van der Waals surface area contributed by atoms with E-state index in [2.05, 4.69) is 4.74 Å². The van der Waals surface area contributed by atoms with Crippen molar-refractivity contribution in [1.29, 1.82) is 0 Å². The number of nitrogens with two attached hydrogens (primary N) is 1. The van der Waals surface area contributed by atoms with Gasteiger partial charge in [0.15, 0.2) is 0 Å². The number of nitro groups is 1. The van der Waals surface area contributed by atoms with E-state index in [4.69, 9.17) is 5.84 Å². The molecule has 1 amide bonds. The van der Waals surface area contributed by atoms with E-state index in [0.29, 0.717) is 5.01 Å². The quantitative estimate of drug-likeness (QED) is 0.200. The molecule has 1 aromatic rings. The molecule has 2 N–H and O–H groups in total. The minimum atomic E-state index is -0.835. The number of hydrogen-bond donors (Lipinski definition) is 1. The van der Waals surface area contributed by atoms with Crippen LogP contribution in [0, 0.1) is 10.1 Å². The number of methoxy groups -OCH3 is 1. The van der Waals surface area contributed by atoms with Crippen LogP contribution in [0.2, 0.25) is 0 Å². The smallest absolute Gasteiger partial charge is 0.344 e. The Kier molecular flexibility index (Phi) is 3.73. The van der Waals surface area contributed by atoms with Crippen LogP contribution >= 0.6 is 0 Å². The largest absolute Gasteiger partial charge is 0.465 e. The fraction of sp³-hybridized carbons (Fsp3) is 0.111. The lowest BCUT2D eigenvalue weighted by Gasteiger charge is -2.10. The molecular weight excluding hydrogens is 230 g/mol. The Hall–Kier alpha value is -2.48. The molecule has 0 atom stereocenters. The molecule has 0 saturated carbocycles. The molecule has 90 valence electrons. The van der Waals surface area contributed by atoms with Gasteiger partial charge in [0.2, 0.25) is 6.41 Å². The van der Waals surface area contributed by atoms with Crippen molar-refractivity contribution in [2.75, 3.05) is 12.1 Å². The van der Waals surface area contributed by atoms with E-state index in [1.807, 2.05) is 0 Å². The Balaban J connectivity index is 3.31. The summed E-state index contributed by atoms with van der Waals surface area (Å²) in [5.74, 6) is 4.41. The average Bonchev–Trinajstić information content (AvgIpc) is 2.35. The summed E-state index contributed by atoms with van der Waals surface area (Å²) in [5, 5.41) is 11.4. The molecule has 0 aromatic heterocycles. The minimum Gasteiger partial charge on any atom is -0.465 e. The molecule has 0 aliphatic heterocycles.